The van der Waals surface area contributed by atoms with Crippen LogP contribution in [0.5, 0.6) is 5.75 Å². The van der Waals surface area contributed by atoms with Crippen molar-refractivity contribution in [2.24, 2.45) is 0 Å². The Morgan fingerprint density at radius 1 is 1.60 bits per heavy atom. The largest absolute Gasteiger partial charge is 0.495 e. The summed E-state index contributed by atoms with van der Waals surface area (Å²) >= 11 is 0. The highest BCUT2D eigenvalue weighted by Crippen LogP contribution is 2.20. The number of hydrogen-bond donors (Lipinski definition) is 1. The molecular weight excluding hydrogens is 188 g/mol. The molecule has 1 heterocycles. The van der Waals surface area contributed by atoms with Crippen molar-refractivity contribution in [3.05, 3.63) is 36.7 Å². The van der Waals surface area contributed by atoms with Crippen LogP contribution in [0.1, 0.15) is 24.9 Å². The second-order valence-corrected chi connectivity index (χ2v) is 3.29. The van der Waals surface area contributed by atoms with Crippen molar-refractivity contribution in [2.75, 3.05) is 13.7 Å². The molecule has 0 aliphatic rings. The highest BCUT2D eigenvalue weighted by atomic mass is 16.5. The Morgan fingerprint density at radius 2 is 2.40 bits per heavy atom. The van der Waals surface area contributed by atoms with Gasteiger partial charge in [0.15, 0.2) is 0 Å². The van der Waals surface area contributed by atoms with Crippen LogP contribution in [0.25, 0.3) is 0 Å². The van der Waals surface area contributed by atoms with E-state index in [2.05, 4.69) is 23.8 Å². The van der Waals surface area contributed by atoms with Gasteiger partial charge in [-0.25, -0.2) is 0 Å². The maximum absolute atomic E-state index is 5.15. The molecule has 0 saturated carbocycles. The first kappa shape index (κ1) is 11.7. The van der Waals surface area contributed by atoms with Crippen molar-refractivity contribution in [3.8, 4) is 5.75 Å². The van der Waals surface area contributed by atoms with Crippen molar-refractivity contribution in [3.63, 3.8) is 0 Å². The van der Waals surface area contributed by atoms with Crippen LogP contribution in [0.4, 0.5) is 0 Å². The molecule has 0 saturated heterocycles. The monoisotopic (exact) mass is 206 g/mol. The fraction of sp³-hybridized carbons (Fsp3) is 0.417. The van der Waals surface area contributed by atoms with Crippen LogP contribution in [0.2, 0.25) is 0 Å². The van der Waals surface area contributed by atoms with Crippen molar-refractivity contribution in [1.82, 2.24) is 10.3 Å². The van der Waals surface area contributed by atoms with Crippen molar-refractivity contribution < 1.29 is 4.74 Å². The third-order valence-corrected chi connectivity index (χ3v) is 2.23. The number of methoxy groups -OCH3 is 1. The van der Waals surface area contributed by atoms with E-state index in [9.17, 15) is 0 Å². The Morgan fingerprint density at radius 3 is 3.00 bits per heavy atom. The molecule has 1 rings (SSSR count). The Hall–Kier alpha value is -1.35. The Labute approximate surface area is 91.2 Å². The molecule has 3 heteroatoms. The van der Waals surface area contributed by atoms with Gasteiger partial charge in [-0.1, -0.05) is 13.0 Å². The minimum atomic E-state index is 0.273. The lowest BCUT2D eigenvalue weighted by molar-refractivity contribution is 0.411. The van der Waals surface area contributed by atoms with E-state index in [4.69, 9.17) is 4.74 Å². The van der Waals surface area contributed by atoms with Crippen molar-refractivity contribution >= 4 is 0 Å². The van der Waals surface area contributed by atoms with Crippen LogP contribution < -0.4 is 10.1 Å². The zero-order valence-electron chi connectivity index (χ0n) is 9.36. The lowest BCUT2D eigenvalue weighted by Gasteiger charge is -2.16. The number of aromatic nitrogens is 1. The smallest absolute Gasteiger partial charge is 0.137 e. The summed E-state index contributed by atoms with van der Waals surface area (Å²) in [4.78, 5) is 4.14. The van der Waals surface area contributed by atoms with E-state index in [0.29, 0.717) is 0 Å². The standard InChI is InChI=1S/C12H18N2O/c1-4-6-12(14-5-2)10-7-11(15-3)9-13-8-10/h4,7-9,12,14H,1,5-6H2,2-3H3. The fourth-order valence-corrected chi connectivity index (χ4v) is 1.49. The van der Waals surface area contributed by atoms with Crippen LogP contribution in [0.3, 0.4) is 0 Å². The first-order valence-corrected chi connectivity index (χ1v) is 5.15. The third-order valence-electron chi connectivity index (χ3n) is 2.23. The minimum absolute atomic E-state index is 0.273. The zero-order valence-corrected chi connectivity index (χ0v) is 9.36. The van der Waals surface area contributed by atoms with Crippen LogP contribution >= 0.6 is 0 Å². The molecular formula is C12H18N2O. The van der Waals surface area contributed by atoms with Gasteiger partial charge in [-0.05, 0) is 24.6 Å². The number of hydrogen-bond acceptors (Lipinski definition) is 3. The SMILES string of the molecule is C=CCC(NCC)c1cncc(OC)c1. The predicted molar refractivity (Wildman–Crippen MR) is 62.0 cm³/mol. The summed E-state index contributed by atoms with van der Waals surface area (Å²) in [7, 11) is 1.65. The molecule has 0 aliphatic carbocycles. The van der Waals surface area contributed by atoms with Gasteiger partial charge < -0.3 is 10.1 Å². The summed E-state index contributed by atoms with van der Waals surface area (Å²) in [5.41, 5.74) is 1.14. The second-order valence-electron chi connectivity index (χ2n) is 3.29. The summed E-state index contributed by atoms with van der Waals surface area (Å²) in [6.45, 7) is 6.77. The number of nitrogens with zero attached hydrogens (tertiary/aromatic N) is 1. The molecule has 0 aromatic carbocycles. The van der Waals surface area contributed by atoms with Crippen LogP contribution in [0.15, 0.2) is 31.1 Å². The Balaban J connectivity index is 2.83. The lowest BCUT2D eigenvalue weighted by Crippen LogP contribution is -2.20. The van der Waals surface area contributed by atoms with Gasteiger partial charge in [-0.15, -0.1) is 6.58 Å². The molecule has 1 aromatic heterocycles. The van der Waals surface area contributed by atoms with Crippen molar-refractivity contribution in [2.45, 2.75) is 19.4 Å². The lowest BCUT2D eigenvalue weighted by atomic mass is 10.1. The van der Waals surface area contributed by atoms with E-state index in [-0.39, 0.29) is 6.04 Å². The molecule has 1 unspecified atom stereocenters. The van der Waals surface area contributed by atoms with Crippen LogP contribution in [-0.2, 0) is 0 Å². The minimum Gasteiger partial charge on any atom is -0.495 e. The van der Waals surface area contributed by atoms with Gasteiger partial charge in [-0.2, -0.15) is 0 Å². The maximum Gasteiger partial charge on any atom is 0.137 e. The molecule has 1 atom stereocenters. The molecule has 0 spiro atoms. The third kappa shape index (κ3) is 3.36. The van der Waals surface area contributed by atoms with Gasteiger partial charge in [0.2, 0.25) is 0 Å². The predicted octanol–water partition coefficient (Wildman–Crippen LogP) is 2.32. The van der Waals surface area contributed by atoms with Crippen molar-refractivity contribution in [1.29, 1.82) is 0 Å². The normalized spacial score (nSPS) is 12.1. The topological polar surface area (TPSA) is 34.2 Å². The molecule has 1 N–H and O–H groups in total. The molecule has 3 nitrogen and oxygen atoms in total. The quantitative estimate of drug-likeness (QED) is 0.725. The Kier molecular flexibility index (Phi) is 4.84. The second kappa shape index (κ2) is 6.19. The summed E-state index contributed by atoms with van der Waals surface area (Å²) in [5, 5.41) is 3.38. The van der Waals surface area contributed by atoms with Gasteiger partial charge in [0, 0.05) is 12.2 Å². The molecule has 0 aliphatic heterocycles. The van der Waals surface area contributed by atoms with Gasteiger partial charge in [-0.3, -0.25) is 4.98 Å². The average Bonchev–Trinajstić information content (AvgIpc) is 2.29. The highest BCUT2D eigenvalue weighted by Gasteiger charge is 2.09. The van der Waals surface area contributed by atoms with Crippen LogP contribution in [-0.4, -0.2) is 18.6 Å². The molecule has 82 valence electrons. The highest BCUT2D eigenvalue weighted by molar-refractivity contribution is 5.26. The first-order valence-electron chi connectivity index (χ1n) is 5.15. The number of pyridine rings is 1. The van der Waals surface area contributed by atoms with E-state index >= 15 is 0 Å². The molecule has 15 heavy (non-hydrogen) atoms. The van der Waals surface area contributed by atoms with Gasteiger partial charge in [0.1, 0.15) is 5.75 Å². The fourth-order valence-electron chi connectivity index (χ4n) is 1.49. The molecule has 0 radical (unpaired) electrons. The number of rotatable bonds is 6. The van der Waals surface area contributed by atoms with E-state index in [1.807, 2.05) is 18.3 Å². The molecule has 0 amide bonds. The number of nitrogens with one attached hydrogen (secondary N) is 1. The summed E-state index contributed by atoms with van der Waals surface area (Å²) < 4.78 is 5.15. The van der Waals surface area contributed by atoms with E-state index in [1.165, 1.54) is 0 Å². The molecule has 0 bridgehead atoms. The summed E-state index contributed by atoms with van der Waals surface area (Å²) in [6.07, 6.45) is 6.37. The van der Waals surface area contributed by atoms with Gasteiger partial charge >= 0.3 is 0 Å². The van der Waals surface area contributed by atoms with E-state index in [1.54, 1.807) is 13.3 Å². The molecule has 1 aromatic rings. The Bertz CT molecular complexity index is 312. The van der Waals surface area contributed by atoms with Crippen LogP contribution in [0, 0.1) is 0 Å². The van der Waals surface area contributed by atoms with Gasteiger partial charge in [0.05, 0.1) is 13.3 Å². The molecule has 0 fully saturated rings. The number of ether oxygens (including phenoxy) is 1. The van der Waals surface area contributed by atoms with E-state index in [0.717, 1.165) is 24.3 Å². The van der Waals surface area contributed by atoms with Gasteiger partial charge in [0.25, 0.3) is 0 Å². The van der Waals surface area contributed by atoms with E-state index < -0.39 is 0 Å². The summed E-state index contributed by atoms with van der Waals surface area (Å²) in [6, 6.07) is 2.28. The average molecular weight is 206 g/mol. The zero-order chi connectivity index (χ0) is 11.1. The summed E-state index contributed by atoms with van der Waals surface area (Å²) in [5.74, 6) is 0.791. The first-order chi connectivity index (χ1) is 7.31. The maximum atomic E-state index is 5.15.